The zero-order valence-corrected chi connectivity index (χ0v) is 9.70. The molecule has 88 valence electrons. The summed E-state index contributed by atoms with van der Waals surface area (Å²) < 4.78 is 18.6. The summed E-state index contributed by atoms with van der Waals surface area (Å²) in [7, 11) is 0. The number of alkyl halides is 1. The van der Waals surface area contributed by atoms with Gasteiger partial charge in [0, 0.05) is 5.56 Å². The van der Waals surface area contributed by atoms with Gasteiger partial charge in [-0.1, -0.05) is 37.6 Å². The Bertz CT molecular complexity index is 350. The van der Waals surface area contributed by atoms with Gasteiger partial charge in [0.1, 0.15) is 0 Å². The van der Waals surface area contributed by atoms with Crippen LogP contribution in [0.25, 0.3) is 0 Å². The Morgan fingerprint density at radius 3 is 2.75 bits per heavy atom. The summed E-state index contributed by atoms with van der Waals surface area (Å²) in [5.41, 5.74) is 1.16. The van der Waals surface area contributed by atoms with Crippen molar-refractivity contribution in [2.24, 2.45) is 0 Å². The lowest BCUT2D eigenvalue weighted by molar-refractivity contribution is -0.150. The summed E-state index contributed by atoms with van der Waals surface area (Å²) in [5, 5.41) is 0. The molecule has 0 aliphatic carbocycles. The zero-order valence-electron chi connectivity index (χ0n) is 9.70. The summed E-state index contributed by atoms with van der Waals surface area (Å²) in [4.78, 5) is 11.4. The van der Waals surface area contributed by atoms with Gasteiger partial charge < -0.3 is 4.74 Å². The fraction of sp³-hybridized carbons (Fsp3) is 0.462. The van der Waals surface area contributed by atoms with E-state index in [-0.39, 0.29) is 0 Å². The highest BCUT2D eigenvalue weighted by atomic mass is 19.1. The van der Waals surface area contributed by atoms with Gasteiger partial charge >= 0.3 is 5.97 Å². The Balaban J connectivity index is 2.60. The summed E-state index contributed by atoms with van der Waals surface area (Å²) in [5.74, 6) is -0.789. The molecule has 0 heterocycles. The average Bonchev–Trinajstić information content (AvgIpc) is 2.29. The van der Waals surface area contributed by atoms with E-state index in [2.05, 4.69) is 0 Å². The molecule has 0 N–H and O–H groups in total. The molecular formula is C13H17FO2. The highest BCUT2D eigenvalue weighted by molar-refractivity contribution is 5.76. The zero-order chi connectivity index (χ0) is 12.0. The number of benzene rings is 1. The van der Waals surface area contributed by atoms with Crippen molar-refractivity contribution in [2.75, 3.05) is 6.61 Å². The van der Waals surface area contributed by atoms with E-state index in [9.17, 15) is 9.18 Å². The molecule has 0 saturated carbocycles. The molecule has 16 heavy (non-hydrogen) atoms. The van der Waals surface area contributed by atoms with Gasteiger partial charge in [-0.2, -0.15) is 0 Å². The second-order valence-electron chi connectivity index (χ2n) is 3.74. The standard InChI is InChI=1S/C13H17FO2/c1-3-4-9-16-13(15)12(14)11-8-6-5-7-10(11)2/h5-8,12H,3-4,9H2,1-2H3. The van der Waals surface area contributed by atoms with Crippen molar-refractivity contribution in [3.63, 3.8) is 0 Å². The fourth-order valence-corrected chi connectivity index (χ4v) is 1.39. The summed E-state index contributed by atoms with van der Waals surface area (Å²) in [6.07, 6.45) is 0.0268. The first-order chi connectivity index (χ1) is 7.66. The Hall–Kier alpha value is -1.38. The maximum atomic E-state index is 13.7. The van der Waals surface area contributed by atoms with Crippen molar-refractivity contribution in [2.45, 2.75) is 32.9 Å². The SMILES string of the molecule is CCCCOC(=O)C(F)c1ccccc1C. The minimum absolute atomic E-state index is 0.293. The number of esters is 1. The minimum atomic E-state index is -1.67. The van der Waals surface area contributed by atoms with E-state index in [4.69, 9.17) is 4.74 Å². The second-order valence-corrected chi connectivity index (χ2v) is 3.74. The molecule has 0 amide bonds. The molecule has 0 aliphatic rings. The van der Waals surface area contributed by atoms with E-state index in [1.54, 1.807) is 25.1 Å². The van der Waals surface area contributed by atoms with Crippen LogP contribution < -0.4 is 0 Å². The Morgan fingerprint density at radius 1 is 1.44 bits per heavy atom. The predicted octanol–water partition coefficient (Wildman–Crippen LogP) is 3.35. The summed E-state index contributed by atoms with van der Waals surface area (Å²) in [6, 6.07) is 6.92. The number of carbonyl (C=O) groups excluding carboxylic acids is 1. The van der Waals surface area contributed by atoms with Gasteiger partial charge in [-0.05, 0) is 18.9 Å². The molecule has 0 saturated heterocycles. The van der Waals surface area contributed by atoms with E-state index >= 15 is 0 Å². The Morgan fingerprint density at radius 2 is 2.12 bits per heavy atom. The fourth-order valence-electron chi connectivity index (χ4n) is 1.39. The molecule has 1 unspecified atom stereocenters. The lowest BCUT2D eigenvalue weighted by Crippen LogP contribution is -2.13. The molecule has 0 spiro atoms. The van der Waals surface area contributed by atoms with Gasteiger partial charge in [-0.3, -0.25) is 0 Å². The third kappa shape index (κ3) is 3.33. The van der Waals surface area contributed by atoms with Crippen molar-refractivity contribution in [1.29, 1.82) is 0 Å². The molecule has 1 atom stereocenters. The normalized spacial score (nSPS) is 12.2. The molecule has 1 aromatic rings. The first-order valence-corrected chi connectivity index (χ1v) is 5.53. The number of aryl methyl sites for hydroxylation is 1. The van der Waals surface area contributed by atoms with Crippen LogP contribution in [-0.2, 0) is 9.53 Å². The Kier molecular flexibility index (Phi) is 4.96. The summed E-state index contributed by atoms with van der Waals surface area (Å²) >= 11 is 0. The van der Waals surface area contributed by atoms with Crippen LogP contribution >= 0.6 is 0 Å². The van der Waals surface area contributed by atoms with E-state index in [1.165, 1.54) is 0 Å². The third-order valence-corrected chi connectivity index (χ3v) is 2.41. The topological polar surface area (TPSA) is 26.3 Å². The predicted molar refractivity (Wildman–Crippen MR) is 60.9 cm³/mol. The van der Waals surface area contributed by atoms with Crippen molar-refractivity contribution >= 4 is 5.97 Å². The van der Waals surface area contributed by atoms with Crippen molar-refractivity contribution in [1.82, 2.24) is 0 Å². The van der Waals surface area contributed by atoms with Crippen LogP contribution in [-0.4, -0.2) is 12.6 Å². The molecule has 0 bridgehead atoms. The third-order valence-electron chi connectivity index (χ3n) is 2.41. The molecule has 1 aromatic carbocycles. The second kappa shape index (κ2) is 6.26. The largest absolute Gasteiger partial charge is 0.463 e. The van der Waals surface area contributed by atoms with Crippen LogP contribution in [0.5, 0.6) is 0 Å². The molecule has 1 rings (SSSR count). The van der Waals surface area contributed by atoms with Gasteiger partial charge in [-0.25, -0.2) is 9.18 Å². The quantitative estimate of drug-likeness (QED) is 0.566. The molecule has 2 nitrogen and oxygen atoms in total. The molecule has 0 radical (unpaired) electrons. The lowest BCUT2D eigenvalue weighted by atomic mass is 10.0. The smallest absolute Gasteiger partial charge is 0.345 e. The number of carbonyl (C=O) groups is 1. The van der Waals surface area contributed by atoms with Crippen LogP contribution in [0, 0.1) is 6.92 Å². The van der Waals surface area contributed by atoms with Crippen LogP contribution in [0.1, 0.15) is 37.1 Å². The average molecular weight is 224 g/mol. The van der Waals surface area contributed by atoms with Crippen molar-refractivity contribution in [3.8, 4) is 0 Å². The first-order valence-electron chi connectivity index (χ1n) is 5.53. The maximum Gasteiger partial charge on any atom is 0.345 e. The highest BCUT2D eigenvalue weighted by Gasteiger charge is 2.22. The van der Waals surface area contributed by atoms with E-state index < -0.39 is 12.1 Å². The number of rotatable bonds is 5. The molecule has 0 aliphatic heterocycles. The van der Waals surface area contributed by atoms with Gasteiger partial charge in [0.05, 0.1) is 6.61 Å². The minimum Gasteiger partial charge on any atom is -0.463 e. The number of hydrogen-bond acceptors (Lipinski definition) is 2. The number of unbranched alkanes of at least 4 members (excludes halogenated alkanes) is 1. The van der Waals surface area contributed by atoms with Gasteiger partial charge in [0.2, 0.25) is 6.17 Å². The van der Waals surface area contributed by atoms with E-state index in [1.807, 2.05) is 13.0 Å². The van der Waals surface area contributed by atoms with Crippen LogP contribution in [0.3, 0.4) is 0 Å². The molecular weight excluding hydrogens is 207 g/mol. The number of halogens is 1. The van der Waals surface area contributed by atoms with Gasteiger partial charge in [-0.15, -0.1) is 0 Å². The highest BCUT2D eigenvalue weighted by Crippen LogP contribution is 2.22. The van der Waals surface area contributed by atoms with Crippen LogP contribution in [0.15, 0.2) is 24.3 Å². The van der Waals surface area contributed by atoms with E-state index in [0.717, 1.165) is 18.4 Å². The van der Waals surface area contributed by atoms with Crippen LogP contribution in [0.4, 0.5) is 4.39 Å². The molecule has 0 fully saturated rings. The monoisotopic (exact) mass is 224 g/mol. The first kappa shape index (κ1) is 12.7. The van der Waals surface area contributed by atoms with Crippen molar-refractivity contribution in [3.05, 3.63) is 35.4 Å². The number of hydrogen-bond donors (Lipinski definition) is 0. The van der Waals surface area contributed by atoms with Gasteiger partial charge in [0.15, 0.2) is 0 Å². The Labute approximate surface area is 95.4 Å². The molecule has 3 heteroatoms. The van der Waals surface area contributed by atoms with Gasteiger partial charge in [0.25, 0.3) is 0 Å². The number of ether oxygens (including phenoxy) is 1. The van der Waals surface area contributed by atoms with Crippen molar-refractivity contribution < 1.29 is 13.9 Å². The summed E-state index contributed by atoms with van der Waals surface area (Å²) in [6.45, 7) is 4.06. The molecule has 0 aromatic heterocycles. The van der Waals surface area contributed by atoms with E-state index in [0.29, 0.717) is 12.2 Å². The maximum absolute atomic E-state index is 13.7. The van der Waals surface area contributed by atoms with Crippen LogP contribution in [0.2, 0.25) is 0 Å². The lowest BCUT2D eigenvalue weighted by Gasteiger charge is -2.10.